The van der Waals surface area contributed by atoms with Crippen LogP contribution in [0.15, 0.2) is 0 Å². The van der Waals surface area contributed by atoms with Gasteiger partial charge in [0.1, 0.15) is 0 Å². The van der Waals surface area contributed by atoms with Crippen molar-refractivity contribution in [3.63, 3.8) is 0 Å². The lowest BCUT2D eigenvalue weighted by Crippen LogP contribution is -1.85. The van der Waals surface area contributed by atoms with Gasteiger partial charge in [-0.05, 0) is 24.9 Å². The Morgan fingerprint density at radius 1 is 1.43 bits per heavy atom. The third-order valence-corrected chi connectivity index (χ3v) is 1.47. The fourth-order valence-electron chi connectivity index (χ4n) is 0.371. The minimum atomic E-state index is 0.598. The van der Waals surface area contributed by atoms with Gasteiger partial charge in [-0.2, -0.15) is 11.8 Å². The molecule has 0 heterocycles. The molecule has 43 valence electrons. The van der Waals surface area contributed by atoms with Gasteiger partial charge in [0, 0.05) is 6.54 Å². The van der Waals surface area contributed by atoms with Crippen LogP contribution in [0, 0.1) is 0 Å². The fourth-order valence-corrected chi connectivity index (χ4v) is 0.864. The Morgan fingerprint density at radius 3 is 2.57 bits per heavy atom. The van der Waals surface area contributed by atoms with Crippen LogP contribution in [-0.2, 0) is 0 Å². The maximum Gasteiger partial charge on any atom is 0.0100 e. The molecule has 0 rings (SSSR count). The summed E-state index contributed by atoms with van der Waals surface area (Å²) < 4.78 is 0. The zero-order valence-corrected chi connectivity index (χ0v) is 5.55. The van der Waals surface area contributed by atoms with E-state index in [1.165, 1.54) is 12.2 Å². The zero-order valence-electron chi connectivity index (χ0n) is 4.74. The Bertz CT molecular complexity index is 27.3. The van der Waals surface area contributed by atoms with Crippen molar-refractivity contribution in [1.82, 2.24) is 5.73 Å². The van der Waals surface area contributed by atoms with Gasteiger partial charge in [0.2, 0.25) is 0 Å². The van der Waals surface area contributed by atoms with Gasteiger partial charge in [-0.3, -0.25) is 5.73 Å². The normalized spacial score (nSPS) is 9.43. The first kappa shape index (κ1) is 7.31. The molecule has 1 N–H and O–H groups in total. The predicted molar refractivity (Wildman–Crippen MR) is 35.6 cm³/mol. The summed E-state index contributed by atoms with van der Waals surface area (Å²) >= 11 is 1.86. The first-order chi connectivity index (χ1) is 3.41. The van der Waals surface area contributed by atoms with Gasteiger partial charge < -0.3 is 0 Å². The lowest BCUT2D eigenvalue weighted by atomic mass is 10.3. The molecule has 1 nitrogen and oxygen atoms in total. The van der Waals surface area contributed by atoms with E-state index in [9.17, 15) is 0 Å². The minimum Gasteiger partial charge on any atom is -0.258 e. The van der Waals surface area contributed by atoms with Crippen LogP contribution in [0.1, 0.15) is 12.8 Å². The molecule has 0 aliphatic carbocycles. The number of hydrogen-bond acceptors (Lipinski definition) is 1. The van der Waals surface area contributed by atoms with Crippen LogP contribution >= 0.6 is 11.8 Å². The molecule has 0 aromatic rings. The molecule has 0 aromatic heterocycles. The highest BCUT2D eigenvalue weighted by Gasteiger charge is 1.80. The van der Waals surface area contributed by atoms with Crippen LogP contribution in [0.2, 0.25) is 0 Å². The van der Waals surface area contributed by atoms with Gasteiger partial charge in [0.25, 0.3) is 0 Å². The Balaban J connectivity index is 2.45. The summed E-state index contributed by atoms with van der Waals surface area (Å²) in [5.74, 6) is 1.22. The van der Waals surface area contributed by atoms with Gasteiger partial charge in [-0.25, -0.2) is 0 Å². The van der Waals surface area contributed by atoms with Gasteiger partial charge in [-0.15, -0.1) is 0 Å². The molecule has 1 radical (unpaired) electrons. The highest BCUT2D eigenvalue weighted by molar-refractivity contribution is 7.98. The van der Waals surface area contributed by atoms with E-state index in [0.717, 1.165) is 6.42 Å². The van der Waals surface area contributed by atoms with Crippen LogP contribution in [0.5, 0.6) is 0 Å². The molecule has 0 aliphatic rings. The van der Waals surface area contributed by atoms with Crippen molar-refractivity contribution in [2.75, 3.05) is 18.6 Å². The highest BCUT2D eigenvalue weighted by atomic mass is 32.2. The lowest BCUT2D eigenvalue weighted by molar-refractivity contribution is 0.800. The fraction of sp³-hybridized carbons (Fsp3) is 1.00. The van der Waals surface area contributed by atoms with Crippen molar-refractivity contribution in [2.45, 2.75) is 12.8 Å². The molecular formula is C5H12NS. The Labute approximate surface area is 49.7 Å². The van der Waals surface area contributed by atoms with Crippen LogP contribution in [0.4, 0.5) is 0 Å². The van der Waals surface area contributed by atoms with Crippen LogP contribution in [0.25, 0.3) is 0 Å². The van der Waals surface area contributed by atoms with E-state index in [4.69, 9.17) is 5.73 Å². The van der Waals surface area contributed by atoms with Crippen LogP contribution < -0.4 is 5.73 Å². The van der Waals surface area contributed by atoms with Crippen molar-refractivity contribution in [1.29, 1.82) is 0 Å². The molecule has 0 amide bonds. The average Bonchev–Trinajstić information content (AvgIpc) is 1.69. The standard InChI is InChI=1S/C5H12NS/c1-7-5-3-2-4-6/h6H,2-5H2,1H3. The minimum absolute atomic E-state index is 0.598. The average molecular weight is 118 g/mol. The second-order valence-electron chi connectivity index (χ2n) is 1.45. The third kappa shape index (κ3) is 6.31. The quantitative estimate of drug-likeness (QED) is 0.512. The summed E-state index contributed by atoms with van der Waals surface area (Å²) in [5, 5.41) is 0. The van der Waals surface area contributed by atoms with E-state index in [1.807, 2.05) is 11.8 Å². The number of thioether (sulfide) groups is 1. The van der Waals surface area contributed by atoms with Crippen molar-refractivity contribution in [3.8, 4) is 0 Å². The molecular weight excluding hydrogens is 106 g/mol. The first-order valence-electron chi connectivity index (χ1n) is 2.55. The third-order valence-electron chi connectivity index (χ3n) is 0.775. The topological polar surface area (TPSA) is 23.8 Å². The lowest BCUT2D eigenvalue weighted by Gasteiger charge is -1.90. The van der Waals surface area contributed by atoms with E-state index >= 15 is 0 Å². The Morgan fingerprint density at radius 2 is 2.14 bits per heavy atom. The summed E-state index contributed by atoms with van der Waals surface area (Å²) in [6.07, 6.45) is 4.38. The second-order valence-corrected chi connectivity index (χ2v) is 2.44. The van der Waals surface area contributed by atoms with Gasteiger partial charge in [0.15, 0.2) is 0 Å². The van der Waals surface area contributed by atoms with Gasteiger partial charge in [-0.1, -0.05) is 0 Å². The monoisotopic (exact) mass is 118 g/mol. The number of rotatable bonds is 4. The molecule has 0 unspecified atom stereocenters. The first-order valence-corrected chi connectivity index (χ1v) is 3.94. The molecule has 2 heteroatoms. The van der Waals surface area contributed by atoms with E-state index in [-0.39, 0.29) is 0 Å². The number of hydrogen-bond donors (Lipinski definition) is 0. The van der Waals surface area contributed by atoms with Gasteiger partial charge in [0.05, 0.1) is 0 Å². The van der Waals surface area contributed by atoms with E-state index in [1.54, 1.807) is 0 Å². The number of unbranched alkanes of at least 4 members (excludes halogenated alkanes) is 1. The Kier molecular flexibility index (Phi) is 6.59. The Hall–Kier alpha value is 0.310. The molecule has 0 saturated carbocycles. The molecule has 7 heavy (non-hydrogen) atoms. The molecule has 0 spiro atoms. The maximum absolute atomic E-state index is 6.77. The zero-order chi connectivity index (χ0) is 5.54. The smallest absolute Gasteiger partial charge is 0.0100 e. The van der Waals surface area contributed by atoms with Crippen molar-refractivity contribution < 1.29 is 0 Å². The van der Waals surface area contributed by atoms with Crippen molar-refractivity contribution in [2.24, 2.45) is 0 Å². The largest absolute Gasteiger partial charge is 0.258 e. The highest BCUT2D eigenvalue weighted by Crippen LogP contribution is 1.96. The van der Waals surface area contributed by atoms with E-state index in [2.05, 4.69) is 6.26 Å². The second kappa shape index (κ2) is 6.31. The molecule has 0 saturated heterocycles. The van der Waals surface area contributed by atoms with Crippen molar-refractivity contribution in [3.05, 3.63) is 0 Å². The van der Waals surface area contributed by atoms with Crippen LogP contribution in [-0.4, -0.2) is 18.6 Å². The molecule has 0 aromatic carbocycles. The SMILES string of the molecule is CSCCCC[NH]. The van der Waals surface area contributed by atoms with Crippen LogP contribution in [0.3, 0.4) is 0 Å². The molecule has 0 aliphatic heterocycles. The van der Waals surface area contributed by atoms with E-state index < -0.39 is 0 Å². The van der Waals surface area contributed by atoms with Crippen molar-refractivity contribution >= 4 is 11.8 Å². The predicted octanol–water partition coefficient (Wildman–Crippen LogP) is 1.41. The summed E-state index contributed by atoms with van der Waals surface area (Å²) in [6, 6.07) is 0. The maximum atomic E-state index is 6.77. The molecule has 0 bridgehead atoms. The van der Waals surface area contributed by atoms with E-state index in [0.29, 0.717) is 6.54 Å². The molecule has 0 fully saturated rings. The summed E-state index contributed by atoms with van der Waals surface area (Å²) in [4.78, 5) is 0. The summed E-state index contributed by atoms with van der Waals surface area (Å²) in [7, 11) is 0. The molecule has 0 atom stereocenters. The summed E-state index contributed by atoms with van der Waals surface area (Å²) in [6.45, 7) is 0.598. The summed E-state index contributed by atoms with van der Waals surface area (Å²) in [5.41, 5.74) is 6.77. The number of nitrogens with one attached hydrogen (secondary N) is 1. The van der Waals surface area contributed by atoms with Gasteiger partial charge >= 0.3 is 0 Å².